The second kappa shape index (κ2) is 20.7. The molecule has 0 unspecified atom stereocenters. The fourth-order valence-corrected chi connectivity index (χ4v) is 3.05. The third kappa shape index (κ3) is 17.0. The molecule has 0 aromatic heterocycles. The molecule has 36 heavy (non-hydrogen) atoms. The van der Waals surface area contributed by atoms with Crippen molar-refractivity contribution in [3.05, 3.63) is 0 Å². The molecule has 0 spiro atoms. The first-order valence-corrected chi connectivity index (χ1v) is 13.0. The minimum Gasteiger partial charge on any atom is -0.465 e. The Bertz CT molecular complexity index is 652. The van der Waals surface area contributed by atoms with Gasteiger partial charge in [0.15, 0.2) is 0 Å². The first-order valence-electron chi connectivity index (χ1n) is 13.0. The van der Waals surface area contributed by atoms with Gasteiger partial charge >= 0.3 is 29.8 Å². The average Bonchev–Trinajstić information content (AvgIpc) is 2.84. The second-order valence-electron chi connectivity index (χ2n) is 9.00. The van der Waals surface area contributed by atoms with Crippen molar-refractivity contribution in [1.82, 2.24) is 0 Å². The molecule has 0 fully saturated rings. The summed E-state index contributed by atoms with van der Waals surface area (Å²) in [7, 11) is 0. The quantitative estimate of drug-likeness (QED) is 0.104. The van der Waals surface area contributed by atoms with E-state index in [2.05, 4.69) is 6.92 Å². The fraction of sp³-hybridized carbons (Fsp3) is 0.808. The van der Waals surface area contributed by atoms with Crippen LogP contribution >= 0.6 is 0 Å². The number of hydrogen-bond acceptors (Lipinski definition) is 10. The molecule has 0 heterocycles. The van der Waals surface area contributed by atoms with Gasteiger partial charge in [-0.05, 0) is 32.1 Å². The largest absolute Gasteiger partial charge is 0.465 e. The predicted molar refractivity (Wildman–Crippen MR) is 131 cm³/mol. The molecular formula is C26H44O10. The van der Waals surface area contributed by atoms with Crippen molar-refractivity contribution >= 4 is 29.8 Å². The number of carbonyl (C=O) groups excluding carboxylic acids is 5. The van der Waals surface area contributed by atoms with E-state index in [9.17, 15) is 29.1 Å². The van der Waals surface area contributed by atoms with Gasteiger partial charge in [-0.2, -0.15) is 0 Å². The molecule has 208 valence electrons. The van der Waals surface area contributed by atoms with Crippen LogP contribution in [0.1, 0.15) is 104 Å². The number of hydrogen-bond donors (Lipinski definition) is 1. The zero-order valence-electron chi connectivity index (χ0n) is 22.1. The van der Waals surface area contributed by atoms with E-state index >= 15 is 0 Å². The van der Waals surface area contributed by atoms with Crippen molar-refractivity contribution in [1.29, 1.82) is 0 Å². The highest BCUT2D eigenvalue weighted by Crippen LogP contribution is 2.21. The van der Waals surface area contributed by atoms with E-state index in [1.165, 1.54) is 0 Å². The summed E-state index contributed by atoms with van der Waals surface area (Å²) < 4.78 is 20.4. The van der Waals surface area contributed by atoms with Crippen molar-refractivity contribution in [2.24, 2.45) is 5.41 Å². The zero-order valence-corrected chi connectivity index (χ0v) is 22.1. The van der Waals surface area contributed by atoms with Crippen molar-refractivity contribution in [3.63, 3.8) is 0 Å². The van der Waals surface area contributed by atoms with Crippen LogP contribution in [-0.2, 0) is 42.9 Å². The molecule has 0 saturated carbocycles. The number of ether oxygens (including phenoxy) is 4. The molecule has 0 amide bonds. The van der Waals surface area contributed by atoms with Gasteiger partial charge in [0.2, 0.25) is 0 Å². The highest BCUT2D eigenvalue weighted by molar-refractivity contribution is 5.85. The van der Waals surface area contributed by atoms with Crippen LogP contribution in [0.25, 0.3) is 0 Å². The zero-order chi connectivity index (χ0) is 27.2. The van der Waals surface area contributed by atoms with Crippen molar-refractivity contribution < 1.29 is 48.0 Å². The van der Waals surface area contributed by atoms with Crippen LogP contribution in [0.2, 0.25) is 0 Å². The molecule has 0 rings (SSSR count). The van der Waals surface area contributed by atoms with Gasteiger partial charge in [0.25, 0.3) is 0 Å². The molecule has 0 atom stereocenters. The van der Waals surface area contributed by atoms with Gasteiger partial charge in [-0.1, -0.05) is 40.0 Å². The van der Waals surface area contributed by atoms with E-state index in [4.69, 9.17) is 18.9 Å². The summed E-state index contributed by atoms with van der Waals surface area (Å²) in [4.78, 5) is 59.1. The Morgan fingerprint density at radius 2 is 0.917 bits per heavy atom. The summed E-state index contributed by atoms with van der Waals surface area (Å²) in [6.45, 7) is 4.33. The Kier molecular flexibility index (Phi) is 19.2. The van der Waals surface area contributed by atoms with Gasteiger partial charge in [0, 0.05) is 32.1 Å². The van der Waals surface area contributed by atoms with Crippen LogP contribution in [-0.4, -0.2) is 61.4 Å². The molecule has 0 radical (unpaired) electrons. The van der Waals surface area contributed by atoms with Crippen LogP contribution in [0, 0.1) is 5.41 Å². The normalized spacial score (nSPS) is 11.0. The maximum Gasteiger partial charge on any atom is 0.313 e. The molecule has 0 aliphatic rings. The van der Waals surface area contributed by atoms with E-state index in [1.807, 2.05) is 13.8 Å². The lowest BCUT2D eigenvalue weighted by molar-refractivity contribution is -0.166. The predicted octanol–water partition coefficient (Wildman–Crippen LogP) is 3.80. The molecule has 0 aromatic rings. The molecule has 0 aliphatic heterocycles. The Labute approximate surface area is 214 Å². The molecule has 10 heteroatoms. The molecule has 0 saturated heterocycles. The average molecular weight is 517 g/mol. The first-order chi connectivity index (χ1) is 17.2. The summed E-state index contributed by atoms with van der Waals surface area (Å²) in [5.41, 5.74) is -1.27. The highest BCUT2D eigenvalue weighted by Gasteiger charge is 2.35. The summed E-state index contributed by atoms with van der Waals surface area (Å²) in [6.07, 6.45) is 6.17. The van der Waals surface area contributed by atoms with Gasteiger partial charge in [-0.15, -0.1) is 0 Å². The Balaban J connectivity index is 4.52. The standard InChI is InChI=1S/C26H44O10/c1-4-7-8-9-15-24(31)36-25(32)16-11-10-14-23(30)35-20-26(17-27,18-33-21(28)12-5-2)19-34-22(29)13-6-3/h27H,4-20H2,1-3H3. The number of carbonyl (C=O) groups is 5. The van der Waals surface area contributed by atoms with E-state index in [1.54, 1.807) is 0 Å². The summed E-state index contributed by atoms with van der Waals surface area (Å²) in [6, 6.07) is 0. The maximum absolute atomic E-state index is 12.2. The van der Waals surface area contributed by atoms with E-state index in [0.29, 0.717) is 32.1 Å². The minimum absolute atomic E-state index is 0.00496. The van der Waals surface area contributed by atoms with Crippen LogP contribution in [0.3, 0.4) is 0 Å². The molecule has 0 aromatic carbocycles. The second-order valence-corrected chi connectivity index (χ2v) is 9.00. The highest BCUT2D eigenvalue weighted by atomic mass is 16.6. The Morgan fingerprint density at radius 1 is 0.528 bits per heavy atom. The number of esters is 5. The maximum atomic E-state index is 12.2. The van der Waals surface area contributed by atoms with Crippen LogP contribution in [0.15, 0.2) is 0 Å². The topological polar surface area (TPSA) is 143 Å². The van der Waals surface area contributed by atoms with Crippen LogP contribution in [0.5, 0.6) is 0 Å². The van der Waals surface area contributed by atoms with Gasteiger partial charge < -0.3 is 24.1 Å². The smallest absolute Gasteiger partial charge is 0.313 e. The van der Waals surface area contributed by atoms with E-state index < -0.39 is 41.9 Å². The van der Waals surface area contributed by atoms with Crippen molar-refractivity contribution in [3.8, 4) is 0 Å². The molecule has 0 aliphatic carbocycles. The fourth-order valence-electron chi connectivity index (χ4n) is 3.05. The van der Waals surface area contributed by atoms with Crippen LogP contribution in [0.4, 0.5) is 0 Å². The number of aliphatic hydroxyl groups is 1. The Hall–Kier alpha value is -2.49. The summed E-state index contributed by atoms with van der Waals surface area (Å²) >= 11 is 0. The lowest BCUT2D eigenvalue weighted by Crippen LogP contribution is -2.42. The number of rotatable bonds is 21. The van der Waals surface area contributed by atoms with E-state index in [-0.39, 0.29) is 51.9 Å². The number of unbranched alkanes of at least 4 members (excludes halogenated alkanes) is 4. The summed E-state index contributed by atoms with van der Waals surface area (Å²) in [5, 5.41) is 9.95. The van der Waals surface area contributed by atoms with Gasteiger partial charge in [-0.25, -0.2) is 0 Å². The molecule has 10 nitrogen and oxygen atoms in total. The van der Waals surface area contributed by atoms with Crippen molar-refractivity contribution in [2.75, 3.05) is 26.4 Å². The third-order valence-electron chi connectivity index (χ3n) is 5.34. The SMILES string of the molecule is CCCCCCC(=O)OC(=O)CCCCC(=O)OCC(CO)(COC(=O)CCC)COC(=O)CCC. The number of aliphatic hydroxyl groups excluding tert-OH is 1. The minimum atomic E-state index is -1.27. The molecule has 1 N–H and O–H groups in total. The summed E-state index contributed by atoms with van der Waals surface area (Å²) in [5.74, 6) is -2.66. The lowest BCUT2D eigenvalue weighted by Gasteiger charge is -2.30. The van der Waals surface area contributed by atoms with Gasteiger partial charge in [-0.3, -0.25) is 24.0 Å². The first kappa shape index (κ1) is 33.5. The van der Waals surface area contributed by atoms with E-state index in [0.717, 1.165) is 19.3 Å². The van der Waals surface area contributed by atoms with Gasteiger partial charge in [0.1, 0.15) is 19.8 Å². The Morgan fingerprint density at radius 3 is 1.31 bits per heavy atom. The monoisotopic (exact) mass is 516 g/mol. The van der Waals surface area contributed by atoms with Gasteiger partial charge in [0.05, 0.1) is 12.0 Å². The van der Waals surface area contributed by atoms with Crippen LogP contribution < -0.4 is 0 Å². The lowest BCUT2D eigenvalue weighted by atomic mass is 9.92. The van der Waals surface area contributed by atoms with Crippen molar-refractivity contribution in [2.45, 2.75) is 104 Å². The molecular weight excluding hydrogens is 472 g/mol. The molecule has 0 bridgehead atoms. The third-order valence-corrected chi connectivity index (χ3v) is 5.34.